The van der Waals surface area contributed by atoms with E-state index in [1.807, 2.05) is 24.6 Å². The molecule has 1 saturated carbocycles. The minimum Gasteiger partial charge on any atom is -0.354 e. The summed E-state index contributed by atoms with van der Waals surface area (Å²) in [4.78, 5) is 4.84. The second kappa shape index (κ2) is 10.5. The fraction of sp³-hybridized carbons (Fsp3) is 0.571. The van der Waals surface area contributed by atoms with Gasteiger partial charge in [0.2, 0.25) is 0 Å². The average Bonchev–Trinajstić information content (AvgIpc) is 3.03. The first-order valence-corrected chi connectivity index (χ1v) is 11.3. The summed E-state index contributed by atoms with van der Waals surface area (Å²) in [6.45, 7) is 5.48. The minimum atomic E-state index is 0.473. The maximum atomic E-state index is 4.84. The summed E-state index contributed by atoms with van der Waals surface area (Å²) < 4.78 is 2.01. The maximum Gasteiger partial charge on any atom is 0.192 e. The van der Waals surface area contributed by atoms with E-state index in [0.29, 0.717) is 19.1 Å². The van der Waals surface area contributed by atoms with Crippen LogP contribution < -0.4 is 10.6 Å². The summed E-state index contributed by atoms with van der Waals surface area (Å²) in [5.74, 6) is 3.88. The number of aryl methyl sites for hydroxylation is 1. The molecule has 2 atom stereocenters. The van der Waals surface area contributed by atoms with E-state index < -0.39 is 0 Å². The predicted molar refractivity (Wildman–Crippen MR) is 117 cm³/mol. The monoisotopic (exact) mass is 400 g/mol. The molecular formula is C21H32N6S. The van der Waals surface area contributed by atoms with Crippen LogP contribution in [0.5, 0.6) is 0 Å². The van der Waals surface area contributed by atoms with Crippen molar-refractivity contribution in [2.24, 2.45) is 12.0 Å². The van der Waals surface area contributed by atoms with E-state index in [9.17, 15) is 0 Å². The number of benzene rings is 1. The number of aliphatic imine (C=N–C) groups is 1. The Morgan fingerprint density at radius 3 is 2.79 bits per heavy atom. The number of thioether (sulfide) groups is 1. The lowest BCUT2D eigenvalue weighted by atomic mass is 9.95. The van der Waals surface area contributed by atoms with Gasteiger partial charge in [0.15, 0.2) is 11.8 Å². The highest BCUT2D eigenvalue weighted by Crippen LogP contribution is 2.28. The smallest absolute Gasteiger partial charge is 0.192 e. The van der Waals surface area contributed by atoms with Gasteiger partial charge in [-0.3, -0.25) is 0 Å². The van der Waals surface area contributed by atoms with E-state index in [-0.39, 0.29) is 0 Å². The van der Waals surface area contributed by atoms with E-state index in [4.69, 9.17) is 4.99 Å². The van der Waals surface area contributed by atoms with Gasteiger partial charge in [-0.05, 0) is 37.5 Å². The quantitative estimate of drug-likeness (QED) is 0.551. The molecule has 0 spiro atoms. The normalized spacial score (nSPS) is 20.2. The van der Waals surface area contributed by atoms with Gasteiger partial charge in [0.25, 0.3) is 0 Å². The number of rotatable bonds is 7. The standard InChI is InChI=1S/C21H32N6S/c1-4-28-19-12-8-11-18(13-19)24-21(22-14-17-9-6-5-7-10-17)23-15-20-26-25-16(2)27(20)3/h5-7,9-10,18-19H,4,8,11-15H2,1-3H3,(H2,22,23,24). The molecule has 0 saturated heterocycles. The van der Waals surface area contributed by atoms with Crippen LogP contribution in [0, 0.1) is 6.92 Å². The second-order valence-corrected chi connectivity index (χ2v) is 8.89. The van der Waals surface area contributed by atoms with Crippen molar-refractivity contribution in [3.05, 3.63) is 47.5 Å². The number of nitrogens with zero attached hydrogens (tertiary/aromatic N) is 4. The lowest BCUT2D eigenvalue weighted by Crippen LogP contribution is -2.45. The highest BCUT2D eigenvalue weighted by atomic mass is 32.2. The van der Waals surface area contributed by atoms with Crippen LogP contribution in [-0.2, 0) is 20.1 Å². The van der Waals surface area contributed by atoms with Crippen molar-refractivity contribution in [1.82, 2.24) is 25.4 Å². The van der Waals surface area contributed by atoms with Gasteiger partial charge in [-0.15, -0.1) is 10.2 Å². The molecule has 7 heteroatoms. The molecule has 3 rings (SSSR count). The van der Waals surface area contributed by atoms with Crippen LogP contribution in [0.3, 0.4) is 0 Å². The third kappa shape index (κ3) is 5.99. The molecule has 6 nitrogen and oxygen atoms in total. The van der Waals surface area contributed by atoms with Crippen LogP contribution in [0.1, 0.15) is 49.8 Å². The Bertz CT molecular complexity index is 756. The summed E-state index contributed by atoms with van der Waals surface area (Å²) in [5, 5.41) is 16.3. The van der Waals surface area contributed by atoms with Crippen molar-refractivity contribution in [2.45, 2.75) is 63.9 Å². The zero-order chi connectivity index (χ0) is 19.8. The second-order valence-electron chi connectivity index (χ2n) is 7.31. The first kappa shape index (κ1) is 20.7. The van der Waals surface area contributed by atoms with Gasteiger partial charge in [0.1, 0.15) is 5.82 Å². The molecule has 1 heterocycles. The number of hydrogen-bond donors (Lipinski definition) is 2. The zero-order valence-corrected chi connectivity index (χ0v) is 18.0. The number of hydrogen-bond acceptors (Lipinski definition) is 4. The molecule has 1 aromatic carbocycles. The van der Waals surface area contributed by atoms with E-state index in [2.05, 4.69) is 63.8 Å². The van der Waals surface area contributed by atoms with Crippen LogP contribution in [0.4, 0.5) is 0 Å². The summed E-state index contributed by atoms with van der Waals surface area (Å²) in [6, 6.07) is 10.8. The Labute approximate surface area is 172 Å². The van der Waals surface area contributed by atoms with Gasteiger partial charge < -0.3 is 15.2 Å². The summed E-state index contributed by atoms with van der Waals surface area (Å²) >= 11 is 2.09. The predicted octanol–water partition coefficient (Wildman–Crippen LogP) is 3.42. The van der Waals surface area contributed by atoms with Crippen LogP contribution >= 0.6 is 11.8 Å². The Kier molecular flexibility index (Phi) is 7.77. The molecule has 28 heavy (non-hydrogen) atoms. The summed E-state index contributed by atoms with van der Waals surface area (Å²) in [7, 11) is 1.99. The van der Waals surface area contributed by atoms with Gasteiger partial charge in [-0.2, -0.15) is 11.8 Å². The molecule has 0 amide bonds. The highest BCUT2D eigenvalue weighted by Gasteiger charge is 2.22. The lowest BCUT2D eigenvalue weighted by molar-refractivity contribution is 0.418. The van der Waals surface area contributed by atoms with Crippen LogP contribution in [0.2, 0.25) is 0 Å². The maximum absolute atomic E-state index is 4.84. The van der Waals surface area contributed by atoms with Gasteiger partial charge in [0.05, 0.1) is 13.1 Å². The third-order valence-corrected chi connectivity index (χ3v) is 6.46. The van der Waals surface area contributed by atoms with Gasteiger partial charge in [-0.25, -0.2) is 4.99 Å². The SMILES string of the molecule is CCSC1CCCC(NC(=NCc2ccccc2)NCc2nnc(C)n2C)C1. The molecule has 2 N–H and O–H groups in total. The number of aromatic nitrogens is 3. The molecular weight excluding hydrogens is 368 g/mol. The topological polar surface area (TPSA) is 67.1 Å². The van der Waals surface area contributed by atoms with E-state index in [1.165, 1.54) is 37.0 Å². The third-order valence-electron chi connectivity index (χ3n) is 5.23. The van der Waals surface area contributed by atoms with E-state index >= 15 is 0 Å². The molecule has 1 fully saturated rings. The molecule has 0 aliphatic heterocycles. The van der Waals surface area contributed by atoms with Gasteiger partial charge >= 0.3 is 0 Å². The van der Waals surface area contributed by atoms with Crippen molar-refractivity contribution in [2.75, 3.05) is 5.75 Å². The number of guanidine groups is 1. The van der Waals surface area contributed by atoms with Gasteiger partial charge in [-0.1, -0.05) is 43.7 Å². The van der Waals surface area contributed by atoms with E-state index in [1.54, 1.807) is 0 Å². The van der Waals surface area contributed by atoms with E-state index in [0.717, 1.165) is 22.9 Å². The lowest BCUT2D eigenvalue weighted by Gasteiger charge is -2.30. The minimum absolute atomic E-state index is 0.473. The summed E-state index contributed by atoms with van der Waals surface area (Å²) in [5.41, 5.74) is 1.21. The number of nitrogens with one attached hydrogen (secondary N) is 2. The van der Waals surface area contributed by atoms with Gasteiger partial charge in [0, 0.05) is 18.3 Å². The molecule has 2 aromatic rings. The molecule has 0 radical (unpaired) electrons. The van der Waals surface area contributed by atoms with Crippen molar-refractivity contribution >= 4 is 17.7 Å². The fourth-order valence-electron chi connectivity index (χ4n) is 3.53. The largest absolute Gasteiger partial charge is 0.354 e. The Morgan fingerprint density at radius 1 is 1.25 bits per heavy atom. The highest BCUT2D eigenvalue weighted by molar-refractivity contribution is 7.99. The molecule has 0 bridgehead atoms. The molecule has 1 aromatic heterocycles. The van der Waals surface area contributed by atoms with Crippen LogP contribution in [-0.4, -0.2) is 37.8 Å². The van der Waals surface area contributed by atoms with Crippen molar-refractivity contribution in [3.8, 4) is 0 Å². The first-order valence-electron chi connectivity index (χ1n) is 10.2. The summed E-state index contributed by atoms with van der Waals surface area (Å²) in [6.07, 6.45) is 5.02. The van der Waals surface area contributed by atoms with Crippen LogP contribution in [0.25, 0.3) is 0 Å². The zero-order valence-electron chi connectivity index (χ0n) is 17.2. The Balaban J connectivity index is 1.65. The van der Waals surface area contributed by atoms with Crippen molar-refractivity contribution in [3.63, 3.8) is 0 Å². The Morgan fingerprint density at radius 2 is 2.07 bits per heavy atom. The molecule has 1 aliphatic rings. The Hall–Kier alpha value is -2.02. The first-order chi connectivity index (χ1) is 13.7. The van der Waals surface area contributed by atoms with Crippen molar-refractivity contribution < 1.29 is 0 Å². The van der Waals surface area contributed by atoms with Crippen molar-refractivity contribution in [1.29, 1.82) is 0 Å². The molecule has 152 valence electrons. The average molecular weight is 401 g/mol. The molecule has 2 unspecified atom stereocenters. The van der Waals surface area contributed by atoms with Crippen LogP contribution in [0.15, 0.2) is 35.3 Å². The fourth-order valence-corrected chi connectivity index (χ4v) is 4.70. The molecule has 1 aliphatic carbocycles.